The summed E-state index contributed by atoms with van der Waals surface area (Å²) in [4.78, 5) is 36.2. The number of nitrogens with one attached hydrogen (secondary N) is 2. The zero-order valence-corrected chi connectivity index (χ0v) is 18.7. The second-order valence-corrected chi connectivity index (χ2v) is 8.04. The van der Waals surface area contributed by atoms with Crippen LogP contribution in [0.5, 0.6) is 0 Å². The van der Waals surface area contributed by atoms with E-state index < -0.39 is 46.9 Å². The molecule has 7 nitrogen and oxygen atoms in total. The van der Waals surface area contributed by atoms with Crippen molar-refractivity contribution < 1.29 is 33.0 Å². The highest BCUT2D eigenvalue weighted by Crippen LogP contribution is 2.44. The number of rotatable bonds is 7. The molecule has 0 saturated heterocycles. The van der Waals surface area contributed by atoms with E-state index in [0.717, 1.165) is 22.3 Å². The van der Waals surface area contributed by atoms with Crippen LogP contribution in [0.4, 0.5) is 19.3 Å². The third-order valence-corrected chi connectivity index (χ3v) is 5.91. The maximum absolute atomic E-state index is 14.1. The SMILES string of the molecule is CCC(NC(=O)OCC1c2ccccc2-c2ccccc21)C(=O)Nc1cc(C(=O)O)c(F)cc1F. The van der Waals surface area contributed by atoms with Gasteiger partial charge in [-0.2, -0.15) is 0 Å². The number of aromatic carboxylic acids is 1. The Bertz CT molecular complexity index is 1270. The van der Waals surface area contributed by atoms with Crippen molar-refractivity contribution in [2.75, 3.05) is 11.9 Å². The molecule has 1 aliphatic carbocycles. The predicted molar refractivity (Wildman–Crippen MR) is 124 cm³/mol. The van der Waals surface area contributed by atoms with Crippen LogP contribution in [0.25, 0.3) is 11.1 Å². The van der Waals surface area contributed by atoms with E-state index in [0.29, 0.717) is 12.1 Å². The smallest absolute Gasteiger partial charge is 0.407 e. The van der Waals surface area contributed by atoms with Gasteiger partial charge in [-0.25, -0.2) is 18.4 Å². The summed E-state index contributed by atoms with van der Waals surface area (Å²) in [7, 11) is 0. The van der Waals surface area contributed by atoms with E-state index in [2.05, 4.69) is 10.6 Å². The molecule has 35 heavy (non-hydrogen) atoms. The summed E-state index contributed by atoms with van der Waals surface area (Å²) >= 11 is 0. The first kappa shape index (κ1) is 23.9. The van der Waals surface area contributed by atoms with Gasteiger partial charge in [-0.05, 0) is 34.7 Å². The largest absolute Gasteiger partial charge is 0.478 e. The number of carbonyl (C=O) groups excluding carboxylic acids is 2. The number of ether oxygens (including phenoxy) is 1. The maximum atomic E-state index is 14.1. The number of amides is 2. The Balaban J connectivity index is 1.41. The topological polar surface area (TPSA) is 105 Å². The van der Waals surface area contributed by atoms with Gasteiger partial charge in [-0.3, -0.25) is 4.79 Å². The van der Waals surface area contributed by atoms with Crippen molar-refractivity contribution in [3.8, 4) is 11.1 Å². The molecule has 1 aliphatic rings. The quantitative estimate of drug-likeness (QED) is 0.445. The van der Waals surface area contributed by atoms with Crippen LogP contribution < -0.4 is 10.6 Å². The average Bonchev–Trinajstić information content (AvgIpc) is 3.16. The van der Waals surface area contributed by atoms with Crippen molar-refractivity contribution in [1.82, 2.24) is 5.32 Å². The van der Waals surface area contributed by atoms with E-state index in [9.17, 15) is 23.2 Å². The first-order valence-corrected chi connectivity index (χ1v) is 10.9. The molecule has 0 radical (unpaired) electrons. The van der Waals surface area contributed by atoms with Gasteiger partial charge in [-0.1, -0.05) is 55.5 Å². The Hall–Kier alpha value is -4.27. The molecule has 3 N–H and O–H groups in total. The number of carboxylic acids is 1. The van der Waals surface area contributed by atoms with E-state index >= 15 is 0 Å². The van der Waals surface area contributed by atoms with Crippen molar-refractivity contribution in [2.45, 2.75) is 25.3 Å². The summed E-state index contributed by atoms with van der Waals surface area (Å²) in [5, 5.41) is 13.7. The average molecular weight is 480 g/mol. The number of carbonyl (C=O) groups is 3. The monoisotopic (exact) mass is 480 g/mol. The molecule has 0 fully saturated rings. The zero-order chi connectivity index (χ0) is 25.1. The first-order valence-electron chi connectivity index (χ1n) is 10.9. The number of carboxylic acid groups (broad SMARTS) is 1. The second kappa shape index (κ2) is 9.92. The number of hydrogen-bond acceptors (Lipinski definition) is 4. The fourth-order valence-electron chi connectivity index (χ4n) is 4.16. The number of alkyl carbamates (subject to hydrolysis) is 1. The lowest BCUT2D eigenvalue weighted by Crippen LogP contribution is -2.44. The molecular formula is C26H22F2N2O5. The van der Waals surface area contributed by atoms with Crippen LogP contribution in [0.2, 0.25) is 0 Å². The zero-order valence-electron chi connectivity index (χ0n) is 18.7. The summed E-state index contributed by atoms with van der Waals surface area (Å²) in [5.41, 5.74) is 2.91. The molecule has 1 unspecified atom stereocenters. The van der Waals surface area contributed by atoms with E-state index in [1.807, 2.05) is 48.5 Å². The fraction of sp³-hybridized carbons (Fsp3) is 0.192. The molecule has 180 valence electrons. The highest BCUT2D eigenvalue weighted by Gasteiger charge is 2.30. The van der Waals surface area contributed by atoms with Crippen LogP contribution in [0.1, 0.15) is 40.7 Å². The fourth-order valence-corrected chi connectivity index (χ4v) is 4.16. The lowest BCUT2D eigenvalue weighted by molar-refractivity contribution is -0.118. The predicted octanol–water partition coefficient (Wildman–Crippen LogP) is 4.92. The Morgan fingerprint density at radius 2 is 1.57 bits per heavy atom. The lowest BCUT2D eigenvalue weighted by Gasteiger charge is -2.19. The highest BCUT2D eigenvalue weighted by atomic mass is 19.1. The van der Waals surface area contributed by atoms with Crippen LogP contribution in [0.15, 0.2) is 60.7 Å². The Morgan fingerprint density at radius 3 is 2.14 bits per heavy atom. The summed E-state index contributed by atoms with van der Waals surface area (Å²) in [6.07, 6.45) is -0.690. The number of benzene rings is 3. The van der Waals surface area contributed by atoms with Gasteiger partial charge in [0.1, 0.15) is 24.3 Å². The molecule has 0 aliphatic heterocycles. The molecule has 0 saturated carbocycles. The summed E-state index contributed by atoms with van der Waals surface area (Å²) in [6, 6.07) is 15.7. The molecule has 9 heteroatoms. The van der Waals surface area contributed by atoms with Crippen molar-refractivity contribution in [2.24, 2.45) is 0 Å². The number of halogens is 2. The van der Waals surface area contributed by atoms with Gasteiger partial charge in [0.2, 0.25) is 5.91 Å². The molecule has 0 aromatic heterocycles. The molecule has 0 bridgehead atoms. The van der Waals surface area contributed by atoms with Crippen molar-refractivity contribution in [3.63, 3.8) is 0 Å². The minimum Gasteiger partial charge on any atom is -0.478 e. The Labute approximate surface area is 199 Å². The van der Waals surface area contributed by atoms with E-state index in [4.69, 9.17) is 9.84 Å². The van der Waals surface area contributed by atoms with Gasteiger partial charge >= 0.3 is 12.1 Å². The third-order valence-electron chi connectivity index (χ3n) is 5.91. The van der Waals surface area contributed by atoms with Crippen molar-refractivity contribution >= 4 is 23.7 Å². The molecule has 1 atom stereocenters. The van der Waals surface area contributed by atoms with Crippen LogP contribution in [-0.4, -0.2) is 35.7 Å². The normalized spacial score (nSPS) is 12.9. The Kier molecular flexibility index (Phi) is 6.77. The Morgan fingerprint density at radius 1 is 0.971 bits per heavy atom. The summed E-state index contributed by atoms with van der Waals surface area (Å²) in [5.74, 6) is -4.98. The molecule has 3 aromatic rings. The van der Waals surface area contributed by atoms with E-state index in [1.165, 1.54) is 0 Å². The van der Waals surface area contributed by atoms with E-state index in [-0.39, 0.29) is 18.9 Å². The molecular weight excluding hydrogens is 458 g/mol. The van der Waals surface area contributed by atoms with Gasteiger partial charge in [0.25, 0.3) is 0 Å². The number of fused-ring (bicyclic) bond motifs is 3. The van der Waals surface area contributed by atoms with Crippen molar-refractivity contribution in [3.05, 3.63) is 89.0 Å². The van der Waals surface area contributed by atoms with Crippen molar-refractivity contribution in [1.29, 1.82) is 0 Å². The van der Waals surface area contributed by atoms with Crippen LogP contribution in [0.3, 0.4) is 0 Å². The lowest BCUT2D eigenvalue weighted by atomic mass is 9.98. The summed E-state index contributed by atoms with van der Waals surface area (Å²) in [6.45, 7) is 1.67. The molecule has 3 aromatic carbocycles. The van der Waals surface area contributed by atoms with Gasteiger partial charge in [0, 0.05) is 12.0 Å². The number of anilines is 1. The van der Waals surface area contributed by atoms with E-state index in [1.54, 1.807) is 6.92 Å². The number of hydrogen-bond donors (Lipinski definition) is 3. The van der Waals surface area contributed by atoms with Gasteiger partial charge in [0.15, 0.2) is 0 Å². The summed E-state index contributed by atoms with van der Waals surface area (Å²) < 4.78 is 33.1. The standard InChI is InChI=1S/C26H22F2N2O5/c1-2-22(24(31)29-23-11-18(25(32)33)20(27)12-21(23)28)30-26(34)35-13-19-16-9-5-3-7-14(16)15-8-4-6-10-17(15)19/h3-12,19,22H,2,13H2,1H3,(H,29,31)(H,30,34)(H,32,33). The molecule has 4 rings (SSSR count). The van der Waals surface area contributed by atoms with Gasteiger partial charge in [-0.15, -0.1) is 0 Å². The van der Waals surface area contributed by atoms with Crippen LogP contribution >= 0.6 is 0 Å². The third kappa shape index (κ3) is 4.84. The molecule has 0 spiro atoms. The minimum absolute atomic E-state index is 0.0481. The first-order chi connectivity index (χ1) is 16.8. The minimum atomic E-state index is -1.61. The van der Waals surface area contributed by atoms with Gasteiger partial charge in [0.05, 0.1) is 11.3 Å². The highest BCUT2D eigenvalue weighted by molar-refractivity contribution is 5.98. The van der Waals surface area contributed by atoms with Crippen LogP contribution in [0, 0.1) is 11.6 Å². The van der Waals surface area contributed by atoms with Crippen LogP contribution in [-0.2, 0) is 9.53 Å². The molecule has 2 amide bonds. The second-order valence-electron chi connectivity index (χ2n) is 8.04. The maximum Gasteiger partial charge on any atom is 0.407 e. The molecule has 0 heterocycles. The van der Waals surface area contributed by atoms with Gasteiger partial charge < -0.3 is 20.5 Å².